The molecule has 0 aromatic rings. The molecule has 0 saturated heterocycles. The molecule has 1 aliphatic heterocycles. The Morgan fingerprint density at radius 3 is 2.71 bits per heavy atom. The summed E-state index contributed by atoms with van der Waals surface area (Å²) in [5, 5.41) is 21.1. The number of nitrogens with one attached hydrogen (secondary N) is 1. The zero-order valence-corrected chi connectivity index (χ0v) is 22.0. The maximum atomic E-state index is 13.2. The summed E-state index contributed by atoms with van der Waals surface area (Å²) in [5.74, 6) is 0.110. The minimum atomic E-state index is -0.699. The Kier molecular flexibility index (Phi) is 8.88. The van der Waals surface area contributed by atoms with Gasteiger partial charge >= 0.3 is 5.97 Å². The predicted octanol–water partition coefficient (Wildman–Crippen LogP) is 4.48. The van der Waals surface area contributed by atoms with E-state index in [4.69, 9.17) is 22.1 Å². The molecule has 2 aliphatic carbocycles. The van der Waals surface area contributed by atoms with Crippen molar-refractivity contribution in [3.05, 3.63) is 45.9 Å². The molecule has 0 amide bonds. The Bertz CT molecular complexity index is 1010. The lowest BCUT2D eigenvalue weighted by molar-refractivity contribution is -0.446. The molecule has 1 saturated carbocycles. The summed E-state index contributed by atoms with van der Waals surface area (Å²) in [6, 6.07) is 2.32. The number of nitrogens with zero attached hydrogens (tertiary/aromatic N) is 1. The molecule has 0 radical (unpaired) electrons. The van der Waals surface area contributed by atoms with E-state index in [1.807, 2.05) is 26.8 Å². The van der Waals surface area contributed by atoms with E-state index in [1.165, 1.54) is 6.20 Å². The minimum absolute atomic E-state index is 0.118. The summed E-state index contributed by atoms with van der Waals surface area (Å²) in [6.07, 6.45) is 14.4. The van der Waals surface area contributed by atoms with Gasteiger partial charge in [0.1, 0.15) is 17.9 Å². The van der Waals surface area contributed by atoms with E-state index >= 15 is 0 Å². The van der Waals surface area contributed by atoms with Crippen molar-refractivity contribution in [2.45, 2.75) is 84.2 Å². The quantitative estimate of drug-likeness (QED) is 0.319. The van der Waals surface area contributed by atoms with Gasteiger partial charge in [0.05, 0.1) is 17.1 Å². The van der Waals surface area contributed by atoms with E-state index < -0.39 is 17.0 Å². The summed E-state index contributed by atoms with van der Waals surface area (Å²) in [4.78, 5) is 16.3. The van der Waals surface area contributed by atoms with Crippen LogP contribution in [0.25, 0.3) is 0 Å². The molecule has 0 aromatic heterocycles. The largest absolute Gasteiger partial charge is 0.512 e. The van der Waals surface area contributed by atoms with Crippen LogP contribution >= 0.6 is 11.6 Å². The molecular formula is C28H39ClN3O3+. The van der Waals surface area contributed by atoms with Gasteiger partial charge in [-0.15, -0.1) is 0 Å². The smallest absolute Gasteiger partial charge is 0.338 e. The number of rotatable bonds is 9. The van der Waals surface area contributed by atoms with Crippen LogP contribution in [0.4, 0.5) is 0 Å². The van der Waals surface area contributed by atoms with Crippen molar-refractivity contribution in [2.75, 3.05) is 6.54 Å². The van der Waals surface area contributed by atoms with Gasteiger partial charge in [-0.25, -0.2) is 9.79 Å². The second-order valence-electron chi connectivity index (χ2n) is 10.6. The van der Waals surface area contributed by atoms with Gasteiger partial charge in [0, 0.05) is 29.6 Å². The van der Waals surface area contributed by atoms with Crippen LogP contribution in [0.15, 0.2) is 45.9 Å². The van der Waals surface area contributed by atoms with E-state index in [0.717, 1.165) is 56.2 Å². The van der Waals surface area contributed by atoms with E-state index in [1.54, 1.807) is 6.21 Å². The van der Waals surface area contributed by atoms with E-state index in [-0.39, 0.29) is 29.6 Å². The van der Waals surface area contributed by atoms with Crippen molar-refractivity contribution in [1.82, 2.24) is 0 Å². The number of allylic oxidation sites excluding steroid dienone is 5. The van der Waals surface area contributed by atoms with Crippen LogP contribution in [-0.2, 0) is 9.53 Å². The number of carbonyl (C=O) groups excluding carboxylic acids is 1. The first-order valence-corrected chi connectivity index (χ1v) is 13.1. The van der Waals surface area contributed by atoms with Crippen LogP contribution < -0.4 is 10.7 Å². The lowest BCUT2D eigenvalue weighted by atomic mass is 9.74. The average Bonchev–Trinajstić information content (AvgIpc) is 3.38. The van der Waals surface area contributed by atoms with Crippen molar-refractivity contribution in [3.8, 4) is 6.07 Å². The number of hydrogen-bond donors (Lipinski definition) is 3. The van der Waals surface area contributed by atoms with Crippen molar-refractivity contribution < 1.29 is 19.6 Å². The van der Waals surface area contributed by atoms with Gasteiger partial charge in [-0.05, 0) is 70.3 Å². The lowest BCUT2D eigenvalue weighted by Crippen LogP contribution is -2.68. The number of aliphatic hydroxyl groups excluding tert-OH is 1. The summed E-state index contributed by atoms with van der Waals surface area (Å²) in [5.41, 5.74) is 6.29. The van der Waals surface area contributed by atoms with Gasteiger partial charge in [-0.2, -0.15) is 5.26 Å². The maximum Gasteiger partial charge on any atom is 0.338 e. The Balaban J connectivity index is 1.78. The first-order chi connectivity index (χ1) is 16.7. The highest BCUT2D eigenvalue weighted by molar-refractivity contribution is 6.32. The molecule has 3 rings (SSSR count). The van der Waals surface area contributed by atoms with Crippen molar-refractivity contribution >= 4 is 23.8 Å². The number of nitrogens with two attached hydrogens (primary N) is 1. The van der Waals surface area contributed by atoms with Crippen LogP contribution in [-0.4, -0.2) is 29.4 Å². The minimum Gasteiger partial charge on any atom is -0.512 e. The van der Waals surface area contributed by atoms with Crippen molar-refractivity contribution in [3.63, 3.8) is 0 Å². The molecule has 3 aliphatic rings. The summed E-state index contributed by atoms with van der Waals surface area (Å²) < 4.78 is 6.23. The fourth-order valence-corrected chi connectivity index (χ4v) is 6.05. The van der Waals surface area contributed by atoms with Crippen molar-refractivity contribution in [2.24, 2.45) is 23.0 Å². The topological polar surface area (TPSA) is 110 Å². The number of halogens is 1. The van der Waals surface area contributed by atoms with Crippen LogP contribution in [0.5, 0.6) is 0 Å². The van der Waals surface area contributed by atoms with Gasteiger partial charge < -0.3 is 15.6 Å². The summed E-state index contributed by atoms with van der Waals surface area (Å²) in [7, 11) is 0. The number of esters is 1. The van der Waals surface area contributed by atoms with Gasteiger partial charge in [0.2, 0.25) is 0 Å². The molecule has 0 aromatic carbocycles. The second-order valence-corrected chi connectivity index (χ2v) is 11.0. The molecule has 35 heavy (non-hydrogen) atoms. The molecule has 6 nitrogen and oxygen atoms in total. The third-order valence-electron chi connectivity index (χ3n) is 7.70. The Morgan fingerprint density at radius 1 is 1.43 bits per heavy atom. The third-order valence-corrected chi connectivity index (χ3v) is 8.03. The lowest BCUT2D eigenvalue weighted by Gasteiger charge is -2.42. The number of hydrogen-bond acceptors (Lipinski definition) is 5. The Labute approximate surface area is 214 Å². The van der Waals surface area contributed by atoms with Gasteiger partial charge in [-0.3, -0.25) is 0 Å². The van der Waals surface area contributed by atoms with Crippen molar-refractivity contribution in [1.29, 1.82) is 5.26 Å². The monoisotopic (exact) mass is 500 g/mol. The highest BCUT2D eigenvalue weighted by Crippen LogP contribution is 2.47. The molecular weight excluding hydrogens is 462 g/mol. The summed E-state index contributed by atoms with van der Waals surface area (Å²) >= 11 is 6.57. The first kappa shape index (κ1) is 27.1. The molecule has 2 unspecified atom stereocenters. The standard InChI is InChI=1S/C28H38ClN3O3/c1-4-32-17-20(16-30)13-22-25(33)15-28(35-26(22)34,21-7-5-6-8-21)12-11-19-9-10-23(24(29)14-19)27(2,3)18-31/h10,14,16-17,19,21,33H,4-9,11-13,15,30H2,1-3H3/p+1. The van der Waals surface area contributed by atoms with Gasteiger partial charge in [-0.1, -0.05) is 36.6 Å². The maximum absolute atomic E-state index is 13.2. The van der Waals surface area contributed by atoms with Crippen LogP contribution in [0.2, 0.25) is 0 Å². The normalized spacial score (nSPS) is 26.5. The van der Waals surface area contributed by atoms with Gasteiger partial charge in [0.25, 0.3) is 0 Å². The zero-order valence-electron chi connectivity index (χ0n) is 21.2. The van der Waals surface area contributed by atoms with E-state index in [9.17, 15) is 15.2 Å². The molecule has 1 fully saturated rings. The Morgan fingerprint density at radius 2 is 2.14 bits per heavy atom. The molecule has 0 spiro atoms. The fraction of sp³-hybridized carbons (Fsp3) is 0.607. The molecule has 4 N–H and O–H groups in total. The van der Waals surface area contributed by atoms with Crippen LogP contribution in [0.3, 0.4) is 0 Å². The second kappa shape index (κ2) is 11.5. The molecule has 0 bridgehead atoms. The number of aliphatic hydroxyl groups is 1. The van der Waals surface area contributed by atoms with Crippen LogP contribution in [0.1, 0.15) is 78.6 Å². The molecule has 2 atom stereocenters. The molecule has 7 heteroatoms. The molecule has 1 heterocycles. The highest BCUT2D eigenvalue weighted by Gasteiger charge is 2.48. The predicted molar refractivity (Wildman–Crippen MR) is 138 cm³/mol. The number of nitriles is 1. The fourth-order valence-electron chi connectivity index (χ4n) is 5.56. The van der Waals surface area contributed by atoms with E-state index in [0.29, 0.717) is 17.9 Å². The first-order valence-electron chi connectivity index (χ1n) is 12.8. The Hall–Kier alpha value is -2.52. The zero-order chi connectivity index (χ0) is 25.6. The van der Waals surface area contributed by atoms with Crippen LogP contribution in [0, 0.1) is 28.6 Å². The average molecular weight is 501 g/mol. The number of cyclic esters (lactones) is 1. The number of carbonyl (C=O) groups is 1. The van der Waals surface area contributed by atoms with E-state index in [2.05, 4.69) is 17.1 Å². The SMILES string of the molecule is CC[NH+]=CC(=CN)CC1=C(O)CC(CCC2C=C(Cl)C(C(C)(C)C#N)=CC2)(C2CCCC2)OC1=O. The third kappa shape index (κ3) is 6.19. The number of ether oxygens (including phenoxy) is 1. The molecule has 190 valence electrons. The highest BCUT2D eigenvalue weighted by atomic mass is 35.5. The summed E-state index contributed by atoms with van der Waals surface area (Å²) in [6.45, 7) is 6.46. The van der Waals surface area contributed by atoms with Gasteiger partial charge in [0.15, 0.2) is 6.21 Å².